The summed E-state index contributed by atoms with van der Waals surface area (Å²) in [6.45, 7) is 6.04. The first-order valence-electron chi connectivity index (χ1n) is 6.84. The number of thiazole rings is 1. The molecule has 0 aliphatic carbocycles. The van der Waals surface area contributed by atoms with Gasteiger partial charge in [0.15, 0.2) is 5.69 Å². The molecule has 2 rings (SSSR count). The van der Waals surface area contributed by atoms with Crippen LogP contribution < -0.4 is 5.32 Å². The first kappa shape index (κ1) is 16.2. The highest BCUT2D eigenvalue weighted by Crippen LogP contribution is 2.14. The van der Waals surface area contributed by atoms with E-state index in [2.05, 4.69) is 15.4 Å². The van der Waals surface area contributed by atoms with E-state index in [1.807, 2.05) is 31.5 Å². The second kappa shape index (κ2) is 6.69. The van der Waals surface area contributed by atoms with E-state index < -0.39 is 5.97 Å². The molecule has 1 atom stereocenters. The molecule has 2 heterocycles. The van der Waals surface area contributed by atoms with Crippen molar-refractivity contribution in [2.75, 3.05) is 0 Å². The molecule has 0 fully saturated rings. The number of carbonyl (C=O) groups is 2. The minimum atomic E-state index is -1.06. The topological polar surface area (TPSA) is 97.1 Å². The Morgan fingerprint density at radius 3 is 2.73 bits per heavy atom. The molecule has 0 saturated heterocycles. The number of nitrogens with zero attached hydrogens (tertiary/aromatic N) is 3. The molecule has 0 saturated carbocycles. The van der Waals surface area contributed by atoms with Gasteiger partial charge in [-0.3, -0.25) is 9.48 Å². The Kier molecular flexibility index (Phi) is 4.92. The Hall–Kier alpha value is -2.22. The fourth-order valence-corrected chi connectivity index (χ4v) is 2.89. The van der Waals surface area contributed by atoms with Crippen molar-refractivity contribution >= 4 is 23.2 Å². The lowest BCUT2D eigenvalue weighted by atomic mass is 10.2. The zero-order chi connectivity index (χ0) is 16.3. The number of amides is 1. The minimum Gasteiger partial charge on any atom is -0.476 e. The molecule has 1 amide bonds. The fraction of sp³-hybridized carbons (Fsp3) is 0.429. The first-order valence-corrected chi connectivity index (χ1v) is 7.72. The number of nitrogens with one attached hydrogen (secondary N) is 1. The van der Waals surface area contributed by atoms with Crippen LogP contribution in [0.5, 0.6) is 0 Å². The molecular weight excluding hydrogens is 304 g/mol. The summed E-state index contributed by atoms with van der Waals surface area (Å²) >= 11 is 1.22. The lowest BCUT2D eigenvalue weighted by Gasteiger charge is -2.13. The largest absolute Gasteiger partial charge is 0.476 e. The predicted molar refractivity (Wildman–Crippen MR) is 81.9 cm³/mol. The van der Waals surface area contributed by atoms with Crippen LogP contribution >= 0.6 is 11.3 Å². The molecule has 0 bridgehead atoms. The molecule has 2 N–H and O–H groups in total. The van der Waals surface area contributed by atoms with E-state index in [1.54, 1.807) is 0 Å². The third-order valence-corrected chi connectivity index (χ3v) is 4.00. The third kappa shape index (κ3) is 3.91. The van der Waals surface area contributed by atoms with E-state index in [0.29, 0.717) is 11.4 Å². The van der Waals surface area contributed by atoms with Gasteiger partial charge in [0.1, 0.15) is 5.01 Å². The Balaban J connectivity index is 1.87. The van der Waals surface area contributed by atoms with Gasteiger partial charge in [0.25, 0.3) is 0 Å². The smallest absolute Gasteiger partial charge is 0.355 e. The Labute approximate surface area is 132 Å². The molecular formula is C14H18N4O3S. The van der Waals surface area contributed by atoms with Crippen molar-refractivity contribution in [3.8, 4) is 0 Å². The molecule has 22 heavy (non-hydrogen) atoms. The van der Waals surface area contributed by atoms with Crippen molar-refractivity contribution in [2.24, 2.45) is 0 Å². The summed E-state index contributed by atoms with van der Waals surface area (Å²) in [6.07, 6.45) is 0.305. The molecule has 2 aromatic heterocycles. The molecule has 0 aromatic carbocycles. The van der Waals surface area contributed by atoms with Crippen LogP contribution in [0.1, 0.15) is 46.3 Å². The van der Waals surface area contributed by atoms with Crippen LogP contribution in [-0.2, 0) is 11.3 Å². The van der Waals surface area contributed by atoms with Gasteiger partial charge in [-0.15, -0.1) is 11.3 Å². The maximum Gasteiger partial charge on any atom is 0.355 e. The van der Waals surface area contributed by atoms with Gasteiger partial charge >= 0.3 is 5.97 Å². The summed E-state index contributed by atoms with van der Waals surface area (Å²) < 4.78 is 1.83. The lowest BCUT2D eigenvalue weighted by Crippen LogP contribution is -2.26. The quantitative estimate of drug-likeness (QED) is 0.847. The maximum atomic E-state index is 12.0. The van der Waals surface area contributed by atoms with Crippen molar-refractivity contribution in [1.29, 1.82) is 0 Å². The van der Waals surface area contributed by atoms with Gasteiger partial charge in [-0.1, -0.05) is 0 Å². The second-order valence-electron chi connectivity index (χ2n) is 5.13. The van der Waals surface area contributed by atoms with Gasteiger partial charge in [0, 0.05) is 17.5 Å². The maximum absolute atomic E-state index is 12.0. The Bertz CT molecular complexity index is 692. The average Bonchev–Trinajstić information content (AvgIpc) is 3.03. The number of aryl methyl sites for hydroxylation is 2. The summed E-state index contributed by atoms with van der Waals surface area (Å²) in [5.74, 6) is -1.18. The third-order valence-electron chi connectivity index (χ3n) is 3.15. The second-order valence-corrected chi connectivity index (χ2v) is 6.08. The number of carboxylic acid groups (broad SMARTS) is 1. The molecule has 7 nitrogen and oxygen atoms in total. The Morgan fingerprint density at radius 2 is 2.18 bits per heavy atom. The van der Waals surface area contributed by atoms with Gasteiger partial charge in [-0.05, 0) is 26.8 Å². The highest BCUT2D eigenvalue weighted by molar-refractivity contribution is 7.09. The van der Waals surface area contributed by atoms with Gasteiger partial charge in [-0.25, -0.2) is 9.78 Å². The van der Waals surface area contributed by atoms with Crippen LogP contribution in [0.4, 0.5) is 0 Å². The van der Waals surface area contributed by atoms with E-state index >= 15 is 0 Å². The number of aromatic nitrogens is 3. The number of aromatic carboxylic acids is 1. The van der Waals surface area contributed by atoms with E-state index in [9.17, 15) is 9.59 Å². The number of carboxylic acids is 1. The summed E-state index contributed by atoms with van der Waals surface area (Å²) in [6, 6.07) is 1.93. The molecule has 0 spiro atoms. The van der Waals surface area contributed by atoms with Gasteiger partial charge in [-0.2, -0.15) is 5.10 Å². The van der Waals surface area contributed by atoms with Crippen molar-refractivity contribution < 1.29 is 14.7 Å². The fourth-order valence-electron chi connectivity index (χ4n) is 2.18. The summed E-state index contributed by atoms with van der Waals surface area (Å²) in [5.41, 5.74) is 1.95. The van der Waals surface area contributed by atoms with Crippen LogP contribution in [0.25, 0.3) is 0 Å². The van der Waals surface area contributed by atoms with Crippen LogP contribution in [0.3, 0.4) is 0 Å². The highest BCUT2D eigenvalue weighted by atomic mass is 32.1. The SMILES string of the molecule is Cc1cc(C)n(C(C)CC(=O)NCc2nc(C(=O)O)cs2)n1. The average molecular weight is 322 g/mol. The number of rotatable bonds is 6. The predicted octanol–water partition coefficient (Wildman–Crippen LogP) is 1.92. The summed E-state index contributed by atoms with van der Waals surface area (Å²) in [4.78, 5) is 26.6. The number of carbonyl (C=O) groups excluding carboxylic acids is 1. The highest BCUT2D eigenvalue weighted by Gasteiger charge is 2.15. The Morgan fingerprint density at radius 1 is 1.45 bits per heavy atom. The van der Waals surface area contributed by atoms with E-state index in [-0.39, 0.29) is 24.2 Å². The van der Waals surface area contributed by atoms with Crippen molar-refractivity contribution in [2.45, 2.75) is 39.8 Å². The van der Waals surface area contributed by atoms with Crippen LogP contribution in [0, 0.1) is 13.8 Å². The molecule has 0 radical (unpaired) electrons. The lowest BCUT2D eigenvalue weighted by molar-refractivity contribution is -0.122. The molecule has 2 aromatic rings. The zero-order valence-corrected chi connectivity index (χ0v) is 13.5. The normalized spacial score (nSPS) is 12.1. The monoisotopic (exact) mass is 322 g/mol. The van der Waals surface area contributed by atoms with Crippen molar-refractivity contribution in [1.82, 2.24) is 20.1 Å². The molecule has 0 aliphatic rings. The van der Waals surface area contributed by atoms with E-state index in [0.717, 1.165) is 11.4 Å². The van der Waals surface area contributed by atoms with Crippen LogP contribution in [0.2, 0.25) is 0 Å². The van der Waals surface area contributed by atoms with Crippen LogP contribution in [-0.4, -0.2) is 31.7 Å². The number of hydrogen-bond acceptors (Lipinski definition) is 5. The van der Waals surface area contributed by atoms with Crippen molar-refractivity contribution in [3.63, 3.8) is 0 Å². The van der Waals surface area contributed by atoms with Gasteiger partial charge in [0.2, 0.25) is 5.91 Å². The summed E-state index contributed by atoms with van der Waals surface area (Å²) in [7, 11) is 0. The van der Waals surface area contributed by atoms with E-state index in [1.165, 1.54) is 16.7 Å². The standard InChI is InChI=1S/C14H18N4O3S/c1-8-4-9(2)18(17-8)10(3)5-12(19)15-6-13-16-11(7-22-13)14(20)21/h4,7,10H,5-6H2,1-3H3,(H,15,19)(H,20,21). The van der Waals surface area contributed by atoms with Gasteiger partial charge < -0.3 is 10.4 Å². The zero-order valence-electron chi connectivity index (χ0n) is 12.7. The van der Waals surface area contributed by atoms with Crippen molar-refractivity contribution in [3.05, 3.63) is 33.5 Å². The molecule has 1 unspecified atom stereocenters. The molecule has 8 heteroatoms. The van der Waals surface area contributed by atoms with Crippen LogP contribution in [0.15, 0.2) is 11.4 Å². The minimum absolute atomic E-state index is 0.00487. The molecule has 118 valence electrons. The van der Waals surface area contributed by atoms with E-state index in [4.69, 9.17) is 5.11 Å². The number of hydrogen-bond donors (Lipinski definition) is 2. The van der Waals surface area contributed by atoms with Gasteiger partial charge in [0.05, 0.1) is 18.3 Å². The summed E-state index contributed by atoms with van der Waals surface area (Å²) in [5, 5.41) is 17.9. The molecule has 0 aliphatic heterocycles. The first-order chi connectivity index (χ1) is 10.4.